The van der Waals surface area contributed by atoms with E-state index in [-0.39, 0.29) is 11.5 Å². The van der Waals surface area contributed by atoms with Crippen LogP contribution in [0.15, 0.2) is 18.2 Å². The molecule has 0 saturated carbocycles. The largest absolute Gasteiger partial charge is 0.348 e. The first kappa shape index (κ1) is 12.6. The molecule has 2 atom stereocenters. The summed E-state index contributed by atoms with van der Waals surface area (Å²) in [6.45, 7) is 3.14. The average Bonchev–Trinajstić information content (AvgIpc) is 2.16. The molecule has 0 bridgehead atoms. The Hall–Kier alpha value is -1.49. The van der Waals surface area contributed by atoms with Gasteiger partial charge in [0.05, 0.1) is 12.1 Å². The molecule has 88 valence electrons. The van der Waals surface area contributed by atoms with Crippen LogP contribution >= 0.6 is 0 Å². The molecule has 0 aliphatic carbocycles. The van der Waals surface area contributed by atoms with Gasteiger partial charge in [-0.3, -0.25) is 4.79 Å². The molecule has 0 spiro atoms. The lowest BCUT2D eigenvalue weighted by Crippen LogP contribution is -2.39. The summed E-state index contributed by atoms with van der Waals surface area (Å²) in [7, 11) is 0. The maximum Gasteiger partial charge on any atom is 0.237 e. The van der Waals surface area contributed by atoms with Gasteiger partial charge in [-0.25, -0.2) is 8.78 Å². The summed E-state index contributed by atoms with van der Waals surface area (Å²) < 4.78 is 26.0. The first-order valence-corrected chi connectivity index (χ1v) is 4.92. The van der Waals surface area contributed by atoms with E-state index in [1.807, 2.05) is 0 Å². The van der Waals surface area contributed by atoms with E-state index < -0.39 is 23.7 Å². The summed E-state index contributed by atoms with van der Waals surface area (Å²) in [5.74, 6) is -1.71. The zero-order chi connectivity index (χ0) is 12.3. The molecule has 3 N–H and O–H groups in total. The number of nitrogens with one attached hydrogen (secondary N) is 1. The Balaban J connectivity index is 2.80. The Morgan fingerprint density at radius 1 is 1.38 bits per heavy atom. The number of amides is 1. The molecule has 1 aromatic rings. The van der Waals surface area contributed by atoms with Crippen LogP contribution in [0.25, 0.3) is 0 Å². The molecule has 1 unspecified atom stereocenters. The highest BCUT2D eigenvalue weighted by Crippen LogP contribution is 2.17. The Bertz CT molecular complexity index is 394. The van der Waals surface area contributed by atoms with Crippen molar-refractivity contribution in [2.45, 2.75) is 25.9 Å². The Kier molecular flexibility index (Phi) is 3.95. The molecule has 1 amide bonds. The topological polar surface area (TPSA) is 55.1 Å². The predicted molar refractivity (Wildman–Crippen MR) is 56.6 cm³/mol. The van der Waals surface area contributed by atoms with Gasteiger partial charge < -0.3 is 11.1 Å². The minimum absolute atomic E-state index is 0.232. The molecule has 16 heavy (non-hydrogen) atoms. The van der Waals surface area contributed by atoms with Crippen molar-refractivity contribution in [1.29, 1.82) is 0 Å². The molecule has 0 fully saturated rings. The van der Waals surface area contributed by atoms with Crippen molar-refractivity contribution in [3.63, 3.8) is 0 Å². The van der Waals surface area contributed by atoms with Crippen LogP contribution in [0.4, 0.5) is 8.78 Å². The quantitative estimate of drug-likeness (QED) is 0.823. The lowest BCUT2D eigenvalue weighted by atomic mass is 10.1. The van der Waals surface area contributed by atoms with Crippen LogP contribution in [-0.2, 0) is 4.79 Å². The highest BCUT2D eigenvalue weighted by atomic mass is 19.1. The standard InChI is InChI=1S/C11H14F2N2O/c1-6(14)11(16)15-7(2)9-4-3-8(12)5-10(9)13/h3-7H,14H2,1-2H3,(H,15,16)/t6-,7?/m1/s1. The van der Waals surface area contributed by atoms with E-state index in [0.717, 1.165) is 12.1 Å². The van der Waals surface area contributed by atoms with Gasteiger partial charge in [0.2, 0.25) is 5.91 Å². The van der Waals surface area contributed by atoms with Crippen molar-refractivity contribution in [3.05, 3.63) is 35.4 Å². The predicted octanol–water partition coefficient (Wildman–Crippen LogP) is 1.49. The fourth-order valence-electron chi connectivity index (χ4n) is 1.28. The monoisotopic (exact) mass is 228 g/mol. The Morgan fingerprint density at radius 3 is 2.50 bits per heavy atom. The van der Waals surface area contributed by atoms with Gasteiger partial charge in [-0.05, 0) is 19.9 Å². The van der Waals surface area contributed by atoms with E-state index >= 15 is 0 Å². The van der Waals surface area contributed by atoms with E-state index in [0.29, 0.717) is 0 Å². The molecule has 1 aromatic carbocycles. The van der Waals surface area contributed by atoms with Crippen molar-refractivity contribution in [1.82, 2.24) is 5.32 Å². The SMILES string of the molecule is CC(NC(=O)[C@@H](C)N)c1ccc(F)cc1F. The zero-order valence-electron chi connectivity index (χ0n) is 9.13. The fourth-order valence-corrected chi connectivity index (χ4v) is 1.28. The van der Waals surface area contributed by atoms with Crippen molar-refractivity contribution < 1.29 is 13.6 Å². The highest BCUT2D eigenvalue weighted by Gasteiger charge is 2.15. The van der Waals surface area contributed by atoms with Gasteiger partial charge in [0.1, 0.15) is 11.6 Å². The molecule has 0 radical (unpaired) electrons. The molecule has 0 aromatic heterocycles. The first-order valence-electron chi connectivity index (χ1n) is 4.92. The van der Waals surface area contributed by atoms with Gasteiger partial charge in [0.15, 0.2) is 0 Å². The summed E-state index contributed by atoms with van der Waals surface area (Å²) in [6.07, 6.45) is 0. The molecule has 0 heterocycles. The molecule has 0 saturated heterocycles. The minimum Gasteiger partial charge on any atom is -0.348 e. The molecule has 0 aliphatic heterocycles. The van der Waals surface area contributed by atoms with Crippen LogP contribution in [0.5, 0.6) is 0 Å². The lowest BCUT2D eigenvalue weighted by molar-refractivity contribution is -0.122. The second-order valence-corrected chi connectivity index (χ2v) is 3.68. The number of hydrogen-bond donors (Lipinski definition) is 2. The van der Waals surface area contributed by atoms with E-state index in [4.69, 9.17) is 5.73 Å². The number of benzene rings is 1. The number of halogens is 2. The van der Waals surface area contributed by atoms with Crippen LogP contribution in [0.3, 0.4) is 0 Å². The number of rotatable bonds is 3. The summed E-state index contributed by atoms with van der Waals surface area (Å²) in [4.78, 5) is 11.3. The minimum atomic E-state index is -0.683. The van der Waals surface area contributed by atoms with Crippen LogP contribution < -0.4 is 11.1 Å². The number of nitrogens with two attached hydrogens (primary N) is 1. The zero-order valence-corrected chi connectivity index (χ0v) is 9.13. The molecule has 5 heteroatoms. The maximum atomic E-state index is 13.3. The summed E-state index contributed by atoms with van der Waals surface area (Å²) >= 11 is 0. The van der Waals surface area contributed by atoms with Crippen molar-refractivity contribution in [2.75, 3.05) is 0 Å². The second-order valence-electron chi connectivity index (χ2n) is 3.68. The van der Waals surface area contributed by atoms with Gasteiger partial charge in [0.25, 0.3) is 0 Å². The summed E-state index contributed by atoms with van der Waals surface area (Å²) in [6, 6.07) is 2.03. The number of carbonyl (C=O) groups is 1. The first-order chi connectivity index (χ1) is 7.41. The highest BCUT2D eigenvalue weighted by molar-refractivity contribution is 5.81. The second kappa shape index (κ2) is 5.03. The fraction of sp³-hybridized carbons (Fsp3) is 0.364. The Morgan fingerprint density at radius 2 is 2.00 bits per heavy atom. The lowest BCUT2D eigenvalue weighted by Gasteiger charge is -2.16. The third kappa shape index (κ3) is 3.00. The average molecular weight is 228 g/mol. The van der Waals surface area contributed by atoms with Crippen molar-refractivity contribution in [3.8, 4) is 0 Å². The van der Waals surface area contributed by atoms with Gasteiger partial charge in [-0.1, -0.05) is 6.07 Å². The van der Waals surface area contributed by atoms with E-state index in [2.05, 4.69) is 5.32 Å². The van der Waals surface area contributed by atoms with Crippen LogP contribution in [0.2, 0.25) is 0 Å². The van der Waals surface area contributed by atoms with E-state index in [9.17, 15) is 13.6 Å². The van der Waals surface area contributed by atoms with Crippen LogP contribution in [0.1, 0.15) is 25.5 Å². The van der Waals surface area contributed by atoms with Gasteiger partial charge in [-0.15, -0.1) is 0 Å². The van der Waals surface area contributed by atoms with Crippen LogP contribution in [-0.4, -0.2) is 11.9 Å². The molecular formula is C11H14F2N2O. The molecular weight excluding hydrogens is 214 g/mol. The molecule has 3 nitrogen and oxygen atoms in total. The van der Waals surface area contributed by atoms with E-state index in [1.165, 1.54) is 13.0 Å². The number of hydrogen-bond acceptors (Lipinski definition) is 2. The van der Waals surface area contributed by atoms with Crippen molar-refractivity contribution in [2.24, 2.45) is 5.73 Å². The maximum absolute atomic E-state index is 13.3. The van der Waals surface area contributed by atoms with E-state index in [1.54, 1.807) is 6.92 Å². The third-order valence-corrected chi connectivity index (χ3v) is 2.20. The molecule has 1 rings (SSSR count). The Labute approximate surface area is 92.6 Å². The van der Waals surface area contributed by atoms with Gasteiger partial charge in [-0.2, -0.15) is 0 Å². The third-order valence-electron chi connectivity index (χ3n) is 2.20. The normalized spacial score (nSPS) is 14.3. The molecule has 0 aliphatic rings. The van der Waals surface area contributed by atoms with Gasteiger partial charge in [0, 0.05) is 11.6 Å². The number of carbonyl (C=O) groups excluding carboxylic acids is 1. The van der Waals surface area contributed by atoms with Crippen molar-refractivity contribution >= 4 is 5.91 Å². The van der Waals surface area contributed by atoms with Gasteiger partial charge >= 0.3 is 0 Å². The summed E-state index contributed by atoms with van der Waals surface area (Å²) in [5, 5.41) is 2.53. The summed E-state index contributed by atoms with van der Waals surface area (Å²) in [5.41, 5.74) is 5.59. The van der Waals surface area contributed by atoms with Crippen LogP contribution in [0, 0.1) is 11.6 Å². The smallest absolute Gasteiger partial charge is 0.237 e.